The summed E-state index contributed by atoms with van der Waals surface area (Å²) in [6, 6.07) is 12.0. The average molecular weight is 321 g/mol. The zero-order valence-electron chi connectivity index (χ0n) is 13.6. The lowest BCUT2D eigenvalue weighted by molar-refractivity contribution is 0.0304. The van der Waals surface area contributed by atoms with E-state index in [4.69, 9.17) is 4.74 Å². The van der Waals surface area contributed by atoms with Gasteiger partial charge in [0, 0.05) is 37.5 Å². The maximum Gasteiger partial charge on any atom is 0.254 e. The highest BCUT2D eigenvalue weighted by molar-refractivity contribution is 6.10. The Kier molecular flexibility index (Phi) is 3.78. The van der Waals surface area contributed by atoms with Gasteiger partial charge in [-0.2, -0.15) is 5.10 Å². The highest BCUT2D eigenvalue weighted by atomic mass is 16.5. The molecule has 1 fully saturated rings. The summed E-state index contributed by atoms with van der Waals surface area (Å²) in [6.45, 7) is 2.52. The number of ether oxygens (including phenoxy) is 1. The Balaban J connectivity index is 1.82. The van der Waals surface area contributed by atoms with Crippen LogP contribution < -0.4 is 0 Å². The summed E-state index contributed by atoms with van der Waals surface area (Å²) in [7, 11) is 1.90. The molecule has 0 bridgehead atoms. The van der Waals surface area contributed by atoms with Crippen LogP contribution >= 0.6 is 0 Å². The van der Waals surface area contributed by atoms with Gasteiger partial charge in [0.2, 0.25) is 0 Å². The molecule has 0 saturated carbocycles. The van der Waals surface area contributed by atoms with Gasteiger partial charge < -0.3 is 9.64 Å². The fourth-order valence-electron chi connectivity index (χ4n) is 3.25. The lowest BCUT2D eigenvalue weighted by Gasteiger charge is -2.27. The van der Waals surface area contributed by atoms with Crippen molar-refractivity contribution in [2.45, 2.75) is 0 Å². The largest absolute Gasteiger partial charge is 0.378 e. The van der Waals surface area contributed by atoms with E-state index in [1.165, 1.54) is 0 Å². The van der Waals surface area contributed by atoms with E-state index in [1.807, 2.05) is 48.6 Å². The fraction of sp³-hybridized carbons (Fsp3) is 0.263. The highest BCUT2D eigenvalue weighted by Crippen LogP contribution is 2.30. The summed E-state index contributed by atoms with van der Waals surface area (Å²) < 4.78 is 7.14. The molecule has 0 unspecified atom stereocenters. The summed E-state index contributed by atoms with van der Waals surface area (Å²) in [5, 5.41) is 6.31. The van der Waals surface area contributed by atoms with Crippen LogP contribution in [-0.4, -0.2) is 46.9 Å². The zero-order chi connectivity index (χ0) is 16.5. The maximum absolute atomic E-state index is 12.9. The molecule has 2 heterocycles. The number of carbonyl (C=O) groups excluding carboxylic acids is 1. The Labute approximate surface area is 140 Å². The Hall–Kier alpha value is -2.66. The third-order valence-electron chi connectivity index (χ3n) is 4.47. The highest BCUT2D eigenvalue weighted by Gasteiger charge is 2.20. The van der Waals surface area contributed by atoms with Crippen LogP contribution in [-0.2, 0) is 11.8 Å². The predicted molar refractivity (Wildman–Crippen MR) is 92.9 cm³/mol. The van der Waals surface area contributed by atoms with Gasteiger partial charge in [0.1, 0.15) is 0 Å². The van der Waals surface area contributed by atoms with E-state index in [1.54, 1.807) is 4.68 Å². The molecule has 122 valence electrons. The number of hydrogen-bond donors (Lipinski definition) is 0. The molecule has 1 aromatic heterocycles. The number of morpholine rings is 1. The van der Waals surface area contributed by atoms with Gasteiger partial charge in [0.05, 0.1) is 19.4 Å². The van der Waals surface area contributed by atoms with Gasteiger partial charge in [-0.05, 0) is 22.4 Å². The van der Waals surface area contributed by atoms with Crippen LogP contribution in [0.25, 0.3) is 21.9 Å². The number of rotatable bonds is 2. The van der Waals surface area contributed by atoms with Crippen molar-refractivity contribution in [2.24, 2.45) is 7.05 Å². The number of carbonyl (C=O) groups is 1. The number of amides is 1. The lowest BCUT2D eigenvalue weighted by Crippen LogP contribution is -2.40. The zero-order valence-corrected chi connectivity index (χ0v) is 13.6. The number of hydrogen-bond acceptors (Lipinski definition) is 3. The number of benzene rings is 2. The number of fused-ring (bicyclic) bond motifs is 1. The smallest absolute Gasteiger partial charge is 0.254 e. The summed E-state index contributed by atoms with van der Waals surface area (Å²) in [5.74, 6) is 0.0761. The van der Waals surface area contributed by atoms with Crippen molar-refractivity contribution < 1.29 is 9.53 Å². The van der Waals surface area contributed by atoms with Crippen molar-refractivity contribution in [3.63, 3.8) is 0 Å². The molecule has 2 aromatic carbocycles. The molecule has 0 atom stereocenters. The minimum atomic E-state index is 0.0761. The van der Waals surface area contributed by atoms with Crippen LogP contribution in [0.5, 0.6) is 0 Å². The van der Waals surface area contributed by atoms with Crippen molar-refractivity contribution in [3.8, 4) is 11.1 Å². The van der Waals surface area contributed by atoms with Gasteiger partial charge in [-0.15, -0.1) is 0 Å². The second-order valence-corrected chi connectivity index (χ2v) is 6.01. The maximum atomic E-state index is 12.9. The van der Waals surface area contributed by atoms with Crippen LogP contribution in [0.4, 0.5) is 0 Å². The lowest BCUT2D eigenvalue weighted by atomic mass is 9.96. The molecule has 0 N–H and O–H groups in total. The van der Waals surface area contributed by atoms with Gasteiger partial charge in [0.25, 0.3) is 5.91 Å². The topological polar surface area (TPSA) is 47.4 Å². The normalized spacial score (nSPS) is 15.0. The molecule has 3 aromatic rings. The van der Waals surface area contributed by atoms with E-state index >= 15 is 0 Å². The third kappa shape index (κ3) is 2.57. The van der Waals surface area contributed by atoms with Crippen LogP contribution in [0.3, 0.4) is 0 Å². The summed E-state index contributed by atoms with van der Waals surface area (Å²) in [4.78, 5) is 14.8. The first-order valence-electron chi connectivity index (χ1n) is 8.12. The molecule has 1 aliphatic rings. The molecule has 0 aliphatic carbocycles. The first kappa shape index (κ1) is 14.9. The van der Waals surface area contributed by atoms with E-state index in [0.717, 1.165) is 27.5 Å². The predicted octanol–water partition coefficient (Wildman–Crippen LogP) is 2.71. The van der Waals surface area contributed by atoms with Gasteiger partial charge in [-0.1, -0.05) is 30.3 Å². The van der Waals surface area contributed by atoms with Crippen LogP contribution in [0, 0.1) is 0 Å². The van der Waals surface area contributed by atoms with Gasteiger partial charge >= 0.3 is 0 Å². The minimum Gasteiger partial charge on any atom is -0.378 e. The van der Waals surface area contributed by atoms with Crippen molar-refractivity contribution in [1.29, 1.82) is 0 Å². The molecule has 1 aliphatic heterocycles. The van der Waals surface area contributed by atoms with E-state index in [0.29, 0.717) is 26.3 Å². The van der Waals surface area contributed by atoms with Crippen molar-refractivity contribution >= 4 is 16.7 Å². The summed E-state index contributed by atoms with van der Waals surface area (Å²) in [5.41, 5.74) is 2.90. The molecule has 1 saturated heterocycles. The van der Waals surface area contributed by atoms with E-state index < -0.39 is 0 Å². The van der Waals surface area contributed by atoms with Crippen LogP contribution in [0.1, 0.15) is 10.4 Å². The number of nitrogens with zero attached hydrogens (tertiary/aromatic N) is 3. The molecule has 0 radical (unpaired) electrons. The molecule has 5 nitrogen and oxygen atoms in total. The molecule has 4 rings (SSSR count). The number of aryl methyl sites for hydroxylation is 1. The molecule has 0 spiro atoms. The fourth-order valence-corrected chi connectivity index (χ4v) is 3.25. The van der Waals surface area contributed by atoms with E-state index in [9.17, 15) is 4.79 Å². The first-order valence-corrected chi connectivity index (χ1v) is 8.12. The van der Waals surface area contributed by atoms with Gasteiger partial charge in [-0.3, -0.25) is 9.48 Å². The van der Waals surface area contributed by atoms with E-state index in [-0.39, 0.29) is 5.91 Å². The monoisotopic (exact) mass is 321 g/mol. The van der Waals surface area contributed by atoms with Crippen molar-refractivity contribution in [1.82, 2.24) is 14.7 Å². The molecule has 1 amide bonds. The van der Waals surface area contributed by atoms with Crippen molar-refractivity contribution in [2.75, 3.05) is 26.3 Å². The van der Waals surface area contributed by atoms with Gasteiger partial charge in [-0.25, -0.2) is 0 Å². The number of aromatic nitrogens is 2. The minimum absolute atomic E-state index is 0.0761. The Bertz CT molecular complexity index is 895. The molecule has 24 heavy (non-hydrogen) atoms. The quantitative estimate of drug-likeness (QED) is 0.729. The Morgan fingerprint density at radius 3 is 2.58 bits per heavy atom. The van der Waals surface area contributed by atoms with Gasteiger partial charge in [0.15, 0.2) is 0 Å². The summed E-state index contributed by atoms with van der Waals surface area (Å²) in [6.07, 6.45) is 3.84. The third-order valence-corrected chi connectivity index (χ3v) is 4.47. The average Bonchev–Trinajstić information content (AvgIpc) is 3.07. The standard InChI is InChI=1S/C19H19N3O2/c1-21-13-14(12-20-21)15-4-2-6-17-16(15)5-3-7-18(17)19(23)22-8-10-24-11-9-22/h2-7,12-13H,8-11H2,1H3. The second-order valence-electron chi connectivity index (χ2n) is 6.01. The molecular formula is C19H19N3O2. The van der Waals surface area contributed by atoms with Crippen LogP contribution in [0.2, 0.25) is 0 Å². The van der Waals surface area contributed by atoms with E-state index in [2.05, 4.69) is 17.2 Å². The summed E-state index contributed by atoms with van der Waals surface area (Å²) >= 11 is 0. The van der Waals surface area contributed by atoms with Crippen LogP contribution in [0.15, 0.2) is 48.8 Å². The van der Waals surface area contributed by atoms with Crippen molar-refractivity contribution in [3.05, 3.63) is 54.4 Å². The Morgan fingerprint density at radius 1 is 1.08 bits per heavy atom. The molecule has 5 heteroatoms. The first-order chi connectivity index (χ1) is 11.7. The Morgan fingerprint density at radius 2 is 1.83 bits per heavy atom. The molecular weight excluding hydrogens is 302 g/mol. The second kappa shape index (κ2) is 6.09. The SMILES string of the molecule is Cn1cc(-c2cccc3c(C(=O)N4CCOCC4)cccc23)cn1.